The Hall–Kier alpha value is -0.250. The van der Waals surface area contributed by atoms with Crippen LogP contribution in [0.15, 0.2) is 4.99 Å². The highest BCUT2D eigenvalue weighted by Gasteiger charge is 2.34. The third-order valence-corrected chi connectivity index (χ3v) is 4.04. The Morgan fingerprint density at radius 1 is 1.25 bits per heavy atom. The van der Waals surface area contributed by atoms with Gasteiger partial charge in [-0.1, -0.05) is 26.7 Å². The molecule has 0 radical (unpaired) electrons. The lowest BCUT2D eigenvalue weighted by atomic mass is 10.0. The zero-order valence-electron chi connectivity index (χ0n) is 15.1. The molecule has 1 fully saturated rings. The SMILES string of the molecule is CN=C(NC(C)CCCC(C)C)NC1CCN(CC(F)(F)F)C1.I. The second-order valence-electron chi connectivity index (χ2n) is 6.92. The van der Waals surface area contributed by atoms with Crippen molar-refractivity contribution >= 4 is 29.9 Å². The minimum absolute atomic E-state index is 0. The van der Waals surface area contributed by atoms with E-state index in [1.807, 2.05) is 0 Å². The van der Waals surface area contributed by atoms with E-state index in [2.05, 4.69) is 36.4 Å². The molecule has 1 aliphatic rings. The molecule has 0 spiro atoms. The molecule has 0 saturated carbocycles. The van der Waals surface area contributed by atoms with Gasteiger partial charge in [0.2, 0.25) is 0 Å². The Bertz CT molecular complexity index is 375. The Labute approximate surface area is 161 Å². The smallest absolute Gasteiger partial charge is 0.354 e. The van der Waals surface area contributed by atoms with Crippen LogP contribution in [0, 0.1) is 5.92 Å². The largest absolute Gasteiger partial charge is 0.401 e. The number of nitrogens with zero attached hydrogens (tertiary/aromatic N) is 2. The lowest BCUT2D eigenvalue weighted by Gasteiger charge is -2.22. The second-order valence-corrected chi connectivity index (χ2v) is 6.92. The molecule has 1 heterocycles. The van der Waals surface area contributed by atoms with E-state index in [1.54, 1.807) is 7.05 Å². The van der Waals surface area contributed by atoms with Crippen molar-refractivity contribution in [1.29, 1.82) is 0 Å². The Kier molecular flexibility index (Phi) is 11.3. The summed E-state index contributed by atoms with van der Waals surface area (Å²) in [6, 6.07) is 0.319. The van der Waals surface area contributed by atoms with Crippen LogP contribution in [-0.4, -0.2) is 55.8 Å². The Balaban J connectivity index is 0.00000529. The molecule has 0 aromatic heterocycles. The van der Waals surface area contributed by atoms with Crippen molar-refractivity contribution in [2.24, 2.45) is 10.9 Å². The van der Waals surface area contributed by atoms with Crippen molar-refractivity contribution < 1.29 is 13.2 Å². The standard InChI is InChI=1S/C16H31F3N4.HI/c1-12(2)6-5-7-13(3)21-15(20-4)22-14-8-9-23(10-14)11-16(17,18)19;/h12-14H,5-11H2,1-4H3,(H2,20,21,22);1H. The first-order valence-electron chi connectivity index (χ1n) is 8.48. The minimum atomic E-state index is -4.13. The van der Waals surface area contributed by atoms with Crippen molar-refractivity contribution in [1.82, 2.24) is 15.5 Å². The summed E-state index contributed by atoms with van der Waals surface area (Å²) in [4.78, 5) is 5.63. The van der Waals surface area contributed by atoms with Crippen LogP contribution in [0.2, 0.25) is 0 Å². The van der Waals surface area contributed by atoms with E-state index in [0.717, 1.165) is 12.8 Å². The molecule has 1 rings (SSSR count). The van der Waals surface area contributed by atoms with Gasteiger partial charge < -0.3 is 10.6 Å². The number of nitrogens with one attached hydrogen (secondary N) is 2. The fourth-order valence-corrected chi connectivity index (χ4v) is 2.85. The number of hydrogen-bond acceptors (Lipinski definition) is 2. The normalized spacial score (nSPS) is 20.8. The second kappa shape index (κ2) is 11.4. The number of rotatable bonds is 7. The first kappa shape index (κ1) is 23.8. The molecule has 0 bridgehead atoms. The van der Waals surface area contributed by atoms with Gasteiger partial charge >= 0.3 is 6.18 Å². The maximum absolute atomic E-state index is 12.4. The summed E-state index contributed by atoms with van der Waals surface area (Å²) >= 11 is 0. The summed E-state index contributed by atoms with van der Waals surface area (Å²) < 4.78 is 37.2. The fourth-order valence-electron chi connectivity index (χ4n) is 2.85. The fraction of sp³-hybridized carbons (Fsp3) is 0.938. The van der Waals surface area contributed by atoms with Crippen LogP contribution in [0.5, 0.6) is 0 Å². The van der Waals surface area contributed by atoms with E-state index in [4.69, 9.17) is 0 Å². The molecule has 2 atom stereocenters. The maximum atomic E-state index is 12.4. The van der Waals surface area contributed by atoms with Crippen molar-refractivity contribution in [2.45, 2.75) is 64.7 Å². The van der Waals surface area contributed by atoms with E-state index >= 15 is 0 Å². The summed E-state index contributed by atoms with van der Waals surface area (Å²) in [6.07, 6.45) is 0.000688. The molecule has 2 N–H and O–H groups in total. The van der Waals surface area contributed by atoms with Crippen LogP contribution >= 0.6 is 24.0 Å². The summed E-state index contributed by atoms with van der Waals surface area (Å²) in [6.45, 7) is 6.58. The van der Waals surface area contributed by atoms with Gasteiger partial charge in [-0.2, -0.15) is 13.2 Å². The third kappa shape index (κ3) is 10.6. The van der Waals surface area contributed by atoms with Gasteiger partial charge in [-0.15, -0.1) is 24.0 Å². The van der Waals surface area contributed by atoms with Crippen LogP contribution in [0.25, 0.3) is 0 Å². The van der Waals surface area contributed by atoms with Crippen LogP contribution < -0.4 is 10.6 Å². The van der Waals surface area contributed by atoms with Crippen LogP contribution in [0.3, 0.4) is 0 Å². The number of likely N-dealkylation sites (tertiary alicyclic amines) is 1. The molecular formula is C16H32F3IN4. The van der Waals surface area contributed by atoms with E-state index in [-0.39, 0.29) is 30.0 Å². The van der Waals surface area contributed by atoms with E-state index in [1.165, 1.54) is 11.3 Å². The van der Waals surface area contributed by atoms with Crippen LogP contribution in [-0.2, 0) is 0 Å². The summed E-state index contributed by atoms with van der Waals surface area (Å²) in [7, 11) is 1.69. The van der Waals surface area contributed by atoms with Gasteiger partial charge in [0.25, 0.3) is 0 Å². The van der Waals surface area contributed by atoms with Gasteiger partial charge in [0.05, 0.1) is 6.54 Å². The predicted molar refractivity (Wildman–Crippen MR) is 104 cm³/mol. The van der Waals surface area contributed by atoms with Gasteiger partial charge in [-0.3, -0.25) is 9.89 Å². The number of hydrogen-bond donors (Lipinski definition) is 2. The lowest BCUT2D eigenvalue weighted by Crippen LogP contribution is -2.47. The molecule has 0 amide bonds. The van der Waals surface area contributed by atoms with Crippen molar-refractivity contribution in [3.63, 3.8) is 0 Å². The maximum Gasteiger partial charge on any atom is 0.401 e. The number of alkyl halides is 3. The number of guanidine groups is 1. The minimum Gasteiger partial charge on any atom is -0.354 e. The number of aliphatic imine (C=N–C) groups is 1. The van der Waals surface area contributed by atoms with Gasteiger partial charge in [0.15, 0.2) is 5.96 Å². The topological polar surface area (TPSA) is 39.7 Å². The first-order valence-corrected chi connectivity index (χ1v) is 8.48. The number of halogens is 4. The third-order valence-electron chi connectivity index (χ3n) is 4.04. The summed E-state index contributed by atoms with van der Waals surface area (Å²) in [5, 5.41) is 6.57. The highest BCUT2D eigenvalue weighted by atomic mass is 127. The average Bonchev–Trinajstić information content (AvgIpc) is 2.82. The highest BCUT2D eigenvalue weighted by Crippen LogP contribution is 2.19. The lowest BCUT2D eigenvalue weighted by molar-refractivity contribution is -0.143. The van der Waals surface area contributed by atoms with Crippen LogP contribution in [0.1, 0.15) is 46.5 Å². The van der Waals surface area contributed by atoms with Gasteiger partial charge in [0.1, 0.15) is 0 Å². The Morgan fingerprint density at radius 2 is 1.92 bits per heavy atom. The van der Waals surface area contributed by atoms with Crippen LogP contribution in [0.4, 0.5) is 13.2 Å². The molecule has 0 aromatic rings. The van der Waals surface area contributed by atoms with E-state index in [0.29, 0.717) is 37.4 Å². The molecule has 2 unspecified atom stereocenters. The predicted octanol–water partition coefficient (Wildman–Crippen LogP) is 3.62. The van der Waals surface area contributed by atoms with E-state index < -0.39 is 12.7 Å². The summed E-state index contributed by atoms with van der Waals surface area (Å²) in [5.74, 6) is 1.39. The molecule has 144 valence electrons. The summed E-state index contributed by atoms with van der Waals surface area (Å²) in [5.41, 5.74) is 0. The van der Waals surface area contributed by atoms with Gasteiger partial charge in [0, 0.05) is 32.2 Å². The van der Waals surface area contributed by atoms with Crippen molar-refractivity contribution in [2.75, 3.05) is 26.7 Å². The monoisotopic (exact) mass is 464 g/mol. The molecule has 24 heavy (non-hydrogen) atoms. The molecule has 0 aromatic carbocycles. The highest BCUT2D eigenvalue weighted by molar-refractivity contribution is 14.0. The molecule has 8 heteroatoms. The molecule has 1 aliphatic heterocycles. The Morgan fingerprint density at radius 3 is 2.46 bits per heavy atom. The molecule has 1 saturated heterocycles. The zero-order chi connectivity index (χ0) is 17.5. The average molecular weight is 464 g/mol. The first-order chi connectivity index (χ1) is 10.7. The van der Waals surface area contributed by atoms with E-state index in [9.17, 15) is 13.2 Å². The zero-order valence-corrected chi connectivity index (χ0v) is 17.4. The quantitative estimate of drug-likeness (QED) is 0.344. The molecular weight excluding hydrogens is 432 g/mol. The van der Waals surface area contributed by atoms with Crippen molar-refractivity contribution in [3.05, 3.63) is 0 Å². The van der Waals surface area contributed by atoms with Gasteiger partial charge in [-0.05, 0) is 25.7 Å². The van der Waals surface area contributed by atoms with Gasteiger partial charge in [-0.25, -0.2) is 0 Å². The molecule has 4 nitrogen and oxygen atoms in total. The van der Waals surface area contributed by atoms with Crippen molar-refractivity contribution in [3.8, 4) is 0 Å². The molecule has 0 aliphatic carbocycles.